The molecule has 1 aliphatic rings. The first-order valence-electron chi connectivity index (χ1n) is 6.12. The zero-order chi connectivity index (χ0) is 11.2. The third kappa shape index (κ3) is 1.32. The molecule has 17 heavy (non-hydrogen) atoms. The number of hydrogen-bond donors (Lipinski definition) is 1. The van der Waals surface area contributed by atoms with E-state index in [9.17, 15) is 0 Å². The van der Waals surface area contributed by atoms with E-state index in [1.165, 1.54) is 16.5 Å². The highest BCUT2D eigenvalue weighted by Crippen LogP contribution is 2.35. The molecule has 3 heteroatoms. The summed E-state index contributed by atoms with van der Waals surface area (Å²) in [5.74, 6) is 0. The van der Waals surface area contributed by atoms with Gasteiger partial charge in [-0.1, -0.05) is 12.1 Å². The van der Waals surface area contributed by atoms with E-state index in [-0.39, 0.29) is 0 Å². The molecule has 2 aromatic carbocycles. The summed E-state index contributed by atoms with van der Waals surface area (Å²) >= 11 is 0. The van der Waals surface area contributed by atoms with E-state index in [0.717, 1.165) is 37.3 Å². The van der Waals surface area contributed by atoms with E-state index in [1.807, 2.05) is 6.07 Å². The van der Waals surface area contributed by atoms with Gasteiger partial charge >= 0.3 is 0 Å². The highest BCUT2D eigenvalue weighted by Gasteiger charge is 2.17. The molecule has 1 aliphatic heterocycles. The van der Waals surface area contributed by atoms with Gasteiger partial charge in [0, 0.05) is 31.6 Å². The fourth-order valence-electron chi connectivity index (χ4n) is 2.70. The van der Waals surface area contributed by atoms with E-state index in [2.05, 4.69) is 34.5 Å². The van der Waals surface area contributed by atoms with E-state index < -0.39 is 0 Å². The molecule has 3 aromatic rings. The van der Waals surface area contributed by atoms with Crippen molar-refractivity contribution in [2.75, 3.05) is 31.1 Å². The lowest BCUT2D eigenvalue weighted by molar-refractivity contribution is 0.585. The average Bonchev–Trinajstić information content (AvgIpc) is 2.78. The Morgan fingerprint density at radius 1 is 1.06 bits per heavy atom. The van der Waals surface area contributed by atoms with Crippen molar-refractivity contribution in [1.29, 1.82) is 0 Å². The Morgan fingerprint density at radius 2 is 1.88 bits per heavy atom. The number of benzene rings is 2. The molecule has 1 fully saturated rings. The fraction of sp³-hybridized carbons (Fsp3) is 0.286. The summed E-state index contributed by atoms with van der Waals surface area (Å²) < 4.78 is 5.90. The third-order valence-corrected chi connectivity index (χ3v) is 3.60. The Morgan fingerprint density at radius 3 is 2.76 bits per heavy atom. The molecule has 0 amide bonds. The van der Waals surface area contributed by atoms with Crippen molar-refractivity contribution < 1.29 is 4.42 Å². The van der Waals surface area contributed by atoms with Crippen LogP contribution in [0.15, 0.2) is 34.7 Å². The topological polar surface area (TPSA) is 28.4 Å². The van der Waals surface area contributed by atoms with Crippen molar-refractivity contribution in [3.8, 4) is 0 Å². The van der Waals surface area contributed by atoms with Gasteiger partial charge in [0.25, 0.3) is 0 Å². The first-order chi connectivity index (χ1) is 8.42. The predicted molar refractivity (Wildman–Crippen MR) is 70.0 cm³/mol. The Labute approximate surface area is 99.3 Å². The first kappa shape index (κ1) is 9.31. The summed E-state index contributed by atoms with van der Waals surface area (Å²) in [6, 6.07) is 10.7. The van der Waals surface area contributed by atoms with Gasteiger partial charge in [0.2, 0.25) is 0 Å². The summed E-state index contributed by atoms with van der Waals surface area (Å²) in [5, 5.41) is 5.89. The summed E-state index contributed by atoms with van der Waals surface area (Å²) in [5.41, 5.74) is 3.25. The molecule has 1 aromatic heterocycles. The second kappa shape index (κ2) is 3.37. The Bertz CT molecular complexity index is 652. The van der Waals surface area contributed by atoms with Crippen LogP contribution in [-0.4, -0.2) is 26.2 Å². The number of piperazine rings is 1. The van der Waals surface area contributed by atoms with E-state index >= 15 is 0 Å². The van der Waals surface area contributed by atoms with Gasteiger partial charge in [0.15, 0.2) is 5.58 Å². The van der Waals surface area contributed by atoms with Crippen LogP contribution in [0.2, 0.25) is 0 Å². The Balaban J connectivity index is 1.93. The fourth-order valence-corrected chi connectivity index (χ4v) is 2.70. The maximum absolute atomic E-state index is 5.90. The minimum atomic E-state index is 0.968. The van der Waals surface area contributed by atoms with Crippen molar-refractivity contribution in [2.24, 2.45) is 0 Å². The summed E-state index contributed by atoms with van der Waals surface area (Å²) in [7, 11) is 0. The van der Waals surface area contributed by atoms with Gasteiger partial charge in [-0.25, -0.2) is 0 Å². The maximum atomic E-state index is 5.90. The van der Waals surface area contributed by atoms with Crippen LogP contribution >= 0.6 is 0 Å². The Hall–Kier alpha value is -1.74. The average molecular weight is 226 g/mol. The summed E-state index contributed by atoms with van der Waals surface area (Å²) in [6.45, 7) is 4.21. The molecule has 4 rings (SSSR count). The van der Waals surface area contributed by atoms with Crippen molar-refractivity contribution in [1.82, 2.24) is 5.32 Å². The van der Waals surface area contributed by atoms with Crippen molar-refractivity contribution in [3.63, 3.8) is 0 Å². The zero-order valence-electron chi connectivity index (χ0n) is 9.57. The number of hydrogen-bond acceptors (Lipinski definition) is 3. The molecule has 0 radical (unpaired) electrons. The van der Waals surface area contributed by atoms with Gasteiger partial charge in [-0.2, -0.15) is 0 Å². The summed E-state index contributed by atoms with van der Waals surface area (Å²) in [4.78, 5) is 2.40. The van der Waals surface area contributed by atoms with Gasteiger partial charge in [-0.05, 0) is 23.6 Å². The van der Waals surface area contributed by atoms with Gasteiger partial charge in [-0.15, -0.1) is 0 Å². The SMILES string of the molecule is c1cc2ccc3cc2c(o3)c1N1CCNCC1. The molecule has 0 atom stereocenters. The smallest absolute Gasteiger partial charge is 0.158 e. The molecule has 86 valence electrons. The molecule has 0 unspecified atom stereocenters. The van der Waals surface area contributed by atoms with Gasteiger partial charge in [0.05, 0.1) is 5.69 Å². The number of furan rings is 1. The van der Waals surface area contributed by atoms with Crippen LogP contribution in [0.5, 0.6) is 0 Å². The highest BCUT2D eigenvalue weighted by atomic mass is 16.3. The number of nitrogens with zero attached hydrogens (tertiary/aromatic N) is 1. The maximum Gasteiger partial charge on any atom is 0.158 e. The minimum absolute atomic E-state index is 0.968. The van der Waals surface area contributed by atoms with Crippen LogP contribution in [0.3, 0.4) is 0 Å². The molecule has 0 saturated carbocycles. The van der Waals surface area contributed by atoms with Crippen molar-refractivity contribution in [2.45, 2.75) is 0 Å². The molecule has 1 N–H and O–H groups in total. The van der Waals surface area contributed by atoms with Gasteiger partial charge in [-0.3, -0.25) is 0 Å². The number of fused-ring (bicyclic) bond motifs is 1. The highest BCUT2D eigenvalue weighted by molar-refractivity contribution is 6.05. The van der Waals surface area contributed by atoms with E-state index in [1.54, 1.807) is 0 Å². The standard InChI is InChI=1S/C14H14N2O/c1-3-11-9-12-10(1)2-4-13(14(12)17-11)16-7-5-15-6-8-16/h1-4,9,15H,5-8H2. The third-order valence-electron chi connectivity index (χ3n) is 3.60. The van der Waals surface area contributed by atoms with E-state index in [4.69, 9.17) is 4.42 Å². The normalized spacial score (nSPS) is 17.3. The minimum Gasteiger partial charge on any atom is -0.455 e. The van der Waals surface area contributed by atoms with Crippen LogP contribution in [0, 0.1) is 0 Å². The number of nitrogens with one attached hydrogen (secondary N) is 1. The Kier molecular flexibility index (Phi) is 1.85. The largest absolute Gasteiger partial charge is 0.455 e. The molecule has 2 bridgehead atoms. The molecular weight excluding hydrogens is 212 g/mol. The lowest BCUT2D eigenvalue weighted by Crippen LogP contribution is -2.43. The summed E-state index contributed by atoms with van der Waals surface area (Å²) in [6.07, 6.45) is 0. The van der Waals surface area contributed by atoms with E-state index in [0.29, 0.717) is 0 Å². The van der Waals surface area contributed by atoms with Crippen LogP contribution in [0.1, 0.15) is 0 Å². The van der Waals surface area contributed by atoms with Gasteiger partial charge in [0.1, 0.15) is 5.58 Å². The predicted octanol–water partition coefficient (Wildman–Crippen LogP) is 2.43. The molecule has 3 nitrogen and oxygen atoms in total. The number of anilines is 1. The second-order valence-electron chi connectivity index (χ2n) is 4.64. The molecule has 2 heterocycles. The van der Waals surface area contributed by atoms with Crippen LogP contribution in [0.25, 0.3) is 21.9 Å². The van der Waals surface area contributed by atoms with Crippen molar-refractivity contribution >= 4 is 27.6 Å². The first-order valence-corrected chi connectivity index (χ1v) is 6.12. The molecular formula is C14H14N2O. The lowest BCUT2D eigenvalue weighted by Gasteiger charge is -2.29. The zero-order valence-corrected chi connectivity index (χ0v) is 9.57. The van der Waals surface area contributed by atoms with Crippen LogP contribution in [-0.2, 0) is 0 Å². The monoisotopic (exact) mass is 226 g/mol. The van der Waals surface area contributed by atoms with Crippen molar-refractivity contribution in [3.05, 3.63) is 30.3 Å². The molecule has 0 aliphatic carbocycles. The van der Waals surface area contributed by atoms with Crippen LogP contribution in [0.4, 0.5) is 5.69 Å². The quantitative estimate of drug-likeness (QED) is 0.690. The lowest BCUT2D eigenvalue weighted by atomic mass is 10.1. The molecule has 1 saturated heterocycles. The molecule has 0 spiro atoms. The van der Waals surface area contributed by atoms with Crippen LogP contribution < -0.4 is 10.2 Å². The second-order valence-corrected chi connectivity index (χ2v) is 4.64. The number of rotatable bonds is 1. The van der Waals surface area contributed by atoms with Gasteiger partial charge < -0.3 is 14.6 Å².